The zero-order valence-corrected chi connectivity index (χ0v) is 55.6. The highest BCUT2D eigenvalue weighted by molar-refractivity contribution is 6.04. The fourth-order valence-electron chi connectivity index (χ4n) is 18.6. The van der Waals surface area contributed by atoms with Crippen LogP contribution in [0.1, 0.15) is 77.9 Å². The number of fused-ring (bicyclic) bond motifs is 18. The second kappa shape index (κ2) is 22.6. The molecule has 0 aromatic heterocycles. The molecule has 0 N–H and O–H groups in total. The maximum Gasteiger partial charge on any atom is 0.0727 e. The van der Waals surface area contributed by atoms with Crippen molar-refractivity contribution in [1.29, 1.82) is 0 Å². The minimum absolute atomic E-state index is 0.639. The largest absolute Gasteiger partial charge is 0.310 e. The molecule has 2 heteroatoms. The van der Waals surface area contributed by atoms with Gasteiger partial charge < -0.3 is 9.80 Å². The lowest BCUT2D eigenvalue weighted by atomic mass is 9.67. The summed E-state index contributed by atoms with van der Waals surface area (Å²) in [4.78, 5) is 5.10. The van der Waals surface area contributed by atoms with Crippen LogP contribution in [0.5, 0.6) is 0 Å². The van der Waals surface area contributed by atoms with Crippen LogP contribution < -0.4 is 9.80 Å². The van der Waals surface area contributed by atoms with Crippen molar-refractivity contribution in [2.45, 2.75) is 16.2 Å². The van der Waals surface area contributed by atoms with Gasteiger partial charge in [-0.2, -0.15) is 0 Å². The molecule has 16 aromatic rings. The summed E-state index contributed by atoms with van der Waals surface area (Å²) in [5.74, 6) is 0. The van der Waals surface area contributed by atoms with Crippen molar-refractivity contribution < 1.29 is 0 Å². The first-order chi connectivity index (χ1) is 50.0. The molecule has 0 fully saturated rings. The molecule has 472 valence electrons. The summed E-state index contributed by atoms with van der Waals surface area (Å²) < 4.78 is 0. The van der Waals surface area contributed by atoms with E-state index in [1.165, 1.54) is 133 Å². The molecule has 20 rings (SSSR count). The lowest BCUT2D eigenvalue weighted by molar-refractivity contribution is 0.768. The van der Waals surface area contributed by atoms with Gasteiger partial charge in [0.1, 0.15) is 0 Å². The first-order valence-corrected chi connectivity index (χ1v) is 35.1. The molecule has 0 amide bonds. The molecule has 0 aliphatic heterocycles. The van der Waals surface area contributed by atoms with Gasteiger partial charge in [0.15, 0.2) is 0 Å². The van der Waals surface area contributed by atoms with Gasteiger partial charge >= 0.3 is 0 Å². The van der Waals surface area contributed by atoms with Gasteiger partial charge in [-0.25, -0.2) is 0 Å². The number of anilines is 6. The van der Waals surface area contributed by atoms with Crippen LogP contribution in [0.4, 0.5) is 34.1 Å². The van der Waals surface area contributed by atoms with Crippen LogP contribution in [-0.4, -0.2) is 0 Å². The lowest BCUT2D eigenvalue weighted by Gasteiger charge is -2.36. The summed E-state index contributed by atoms with van der Waals surface area (Å²) >= 11 is 0. The zero-order chi connectivity index (χ0) is 67.0. The van der Waals surface area contributed by atoms with Gasteiger partial charge in [0.2, 0.25) is 0 Å². The van der Waals surface area contributed by atoms with Gasteiger partial charge in [-0.3, -0.25) is 0 Å². The second-order valence-corrected chi connectivity index (χ2v) is 27.4. The van der Waals surface area contributed by atoms with E-state index in [0.717, 1.165) is 45.3 Å². The molecular weight excluding hydrogens is 1220 g/mol. The Morgan fingerprint density at radius 2 is 0.475 bits per heavy atom. The summed E-state index contributed by atoms with van der Waals surface area (Å²) in [5, 5.41) is 4.70. The minimum Gasteiger partial charge on any atom is -0.310 e. The molecule has 2 atom stereocenters. The highest BCUT2D eigenvalue weighted by atomic mass is 15.2. The third kappa shape index (κ3) is 8.22. The summed E-state index contributed by atoms with van der Waals surface area (Å²) in [6.45, 7) is 8.33. The van der Waals surface area contributed by atoms with Gasteiger partial charge in [-0.1, -0.05) is 329 Å². The first-order valence-electron chi connectivity index (χ1n) is 35.1. The Bertz CT molecular complexity index is 5700. The average Bonchev–Trinajstić information content (AvgIpc) is 1.51. The monoisotopic (exact) mass is 1280 g/mol. The van der Waals surface area contributed by atoms with E-state index in [-0.39, 0.29) is 0 Å². The van der Waals surface area contributed by atoms with Crippen LogP contribution in [-0.2, 0) is 16.2 Å². The molecule has 101 heavy (non-hydrogen) atoms. The van der Waals surface area contributed by atoms with Crippen molar-refractivity contribution in [2.24, 2.45) is 0 Å². The van der Waals surface area contributed by atoms with Crippen LogP contribution in [0.15, 0.2) is 377 Å². The predicted molar refractivity (Wildman–Crippen MR) is 422 cm³/mol. The summed E-state index contributed by atoms with van der Waals surface area (Å²) in [7, 11) is 0. The van der Waals surface area contributed by atoms with Crippen molar-refractivity contribution in [3.63, 3.8) is 0 Å². The molecule has 16 aromatic carbocycles. The lowest BCUT2D eigenvalue weighted by Crippen LogP contribution is -2.29. The average molecular weight is 1280 g/mol. The Hall–Kier alpha value is -12.9. The molecule has 2 unspecified atom stereocenters. The smallest absolute Gasteiger partial charge is 0.0727 e. The Labute approximate surface area is 589 Å². The molecule has 0 radical (unpaired) electrons. The molecule has 0 heterocycles. The fourth-order valence-corrected chi connectivity index (χ4v) is 18.6. The van der Waals surface area contributed by atoms with E-state index in [9.17, 15) is 0 Å². The van der Waals surface area contributed by atoms with Crippen LogP contribution in [0.25, 0.3) is 78.2 Å². The number of benzene rings is 16. The third-order valence-corrected chi connectivity index (χ3v) is 22.7. The normalized spacial score (nSPS) is 16.7. The first kappa shape index (κ1) is 58.3. The van der Waals surface area contributed by atoms with Crippen molar-refractivity contribution in [3.8, 4) is 44.5 Å². The van der Waals surface area contributed by atoms with E-state index in [4.69, 9.17) is 0 Å². The van der Waals surface area contributed by atoms with Gasteiger partial charge in [0.05, 0.1) is 27.6 Å². The minimum atomic E-state index is -0.738. The van der Waals surface area contributed by atoms with E-state index in [2.05, 4.69) is 387 Å². The number of hydrogen-bond acceptors (Lipinski definition) is 2. The van der Waals surface area contributed by atoms with E-state index in [0.29, 0.717) is 0 Å². The van der Waals surface area contributed by atoms with Crippen molar-refractivity contribution in [1.82, 2.24) is 0 Å². The molecule has 0 bridgehead atoms. The Morgan fingerprint density at radius 1 is 0.208 bits per heavy atom. The van der Waals surface area contributed by atoms with Crippen molar-refractivity contribution >= 4 is 67.8 Å². The second-order valence-electron chi connectivity index (χ2n) is 27.4. The van der Waals surface area contributed by atoms with Gasteiger partial charge in [-0.05, 0) is 194 Å². The topological polar surface area (TPSA) is 6.48 Å². The van der Waals surface area contributed by atoms with Crippen LogP contribution in [0.3, 0.4) is 0 Å². The molecule has 1 spiro atoms. The van der Waals surface area contributed by atoms with Crippen LogP contribution in [0.2, 0.25) is 0 Å². The van der Waals surface area contributed by atoms with Crippen LogP contribution >= 0.6 is 0 Å². The Balaban J connectivity index is 0.830. The molecule has 4 aliphatic carbocycles. The molecule has 2 nitrogen and oxygen atoms in total. The molecule has 0 saturated carbocycles. The zero-order valence-electron chi connectivity index (χ0n) is 55.6. The van der Waals surface area contributed by atoms with Crippen LogP contribution in [0, 0.1) is 0 Å². The molecule has 0 saturated heterocycles. The Morgan fingerprint density at radius 3 is 0.822 bits per heavy atom. The highest BCUT2D eigenvalue weighted by Crippen LogP contribution is 2.66. The summed E-state index contributed by atoms with van der Waals surface area (Å²) in [6.07, 6.45) is 3.88. The standard InChI is InChI=1S/C99H66N2/c1-3-65-45-49-71(50-46-65)97(69-29-7-5-8-30-69)87-39-19-15-35-79(87)83-57-53-73(61-91(83)97)100(95-43-23-27-67-25-11-13-33-77(67)95)75-55-59-85-81-37-17-21-41-89(81)99(93(85)63-75)90-42-22-18-38-82(90)86-60-56-76(64-94(86)99)101(96-44-24-28-68-26-12-14-34-78(68)96)74-54-58-84-80-36-16-20-40-88(80)98(92(84)62-74,70-31-9-6-10-32-70)72-51-47-66(4-2)48-52-72/h3-64H,1-2H2. The fraction of sp³-hybridized carbons (Fsp3) is 0.0303. The third-order valence-electron chi connectivity index (χ3n) is 22.7. The Kier molecular flexibility index (Phi) is 13.0. The van der Waals surface area contributed by atoms with Crippen molar-refractivity contribution in [2.75, 3.05) is 9.80 Å². The van der Waals surface area contributed by atoms with Gasteiger partial charge in [-0.15, -0.1) is 0 Å². The molecule has 4 aliphatic rings. The number of rotatable bonds is 12. The number of hydrogen-bond donors (Lipinski definition) is 0. The predicted octanol–water partition coefficient (Wildman–Crippen LogP) is 25.3. The highest BCUT2D eigenvalue weighted by Gasteiger charge is 2.53. The maximum absolute atomic E-state index is 4.17. The SMILES string of the molecule is C=Cc1ccc(C2(c3ccccc3)c3ccccc3-c3ccc(N(c4ccc5c(c4)C4(c6ccccc6-5)c5ccccc5-c5ccc(N(c6ccc7c(c6)C(c6ccccc6)(c6ccc(C=C)cc6)c6ccccc6-7)c6cccc7ccccc67)cc54)c4cccc5ccccc45)cc32)cc1. The number of nitrogens with zero attached hydrogens (tertiary/aromatic N) is 2. The van der Waals surface area contributed by atoms with Gasteiger partial charge in [0.25, 0.3) is 0 Å². The maximum atomic E-state index is 4.17. The summed E-state index contributed by atoms with van der Waals surface area (Å²) in [6, 6.07) is 138. The van der Waals surface area contributed by atoms with E-state index in [1.54, 1.807) is 0 Å². The van der Waals surface area contributed by atoms with E-state index < -0.39 is 16.2 Å². The van der Waals surface area contributed by atoms with E-state index in [1.807, 2.05) is 12.2 Å². The molecular formula is C99H66N2. The van der Waals surface area contributed by atoms with Gasteiger partial charge in [0, 0.05) is 33.5 Å². The quantitative estimate of drug-likeness (QED) is 0.120. The van der Waals surface area contributed by atoms with E-state index >= 15 is 0 Å². The summed E-state index contributed by atoms with van der Waals surface area (Å²) in [5.41, 5.74) is 31.5. The van der Waals surface area contributed by atoms with Crippen molar-refractivity contribution in [3.05, 3.63) is 455 Å².